The Morgan fingerprint density at radius 3 is 2.40 bits per heavy atom. The lowest BCUT2D eigenvalue weighted by molar-refractivity contribution is 0.0602. The molecular weight excluding hydrogens is 189 g/mol. The molecule has 0 aliphatic rings. The molecule has 1 aromatic carbocycles. The topological polar surface area (TPSA) is 52.3 Å². The highest BCUT2D eigenvalue weighted by Gasteiger charge is 2.09. The van der Waals surface area contributed by atoms with E-state index < -0.39 is 5.97 Å². The molecule has 1 rings (SSSR count). The maximum absolute atomic E-state index is 11.1. The highest BCUT2D eigenvalue weighted by molar-refractivity contribution is 6.36. The van der Waals surface area contributed by atoms with E-state index >= 15 is 0 Å². The van der Waals surface area contributed by atoms with Crippen LogP contribution < -0.4 is 11.2 Å². The molecule has 0 spiro atoms. The summed E-state index contributed by atoms with van der Waals surface area (Å²) in [5, 5.41) is 0. The van der Waals surface area contributed by atoms with Gasteiger partial charge in [-0.1, -0.05) is 25.4 Å². The molecule has 2 N–H and O–H groups in total. The number of nitrogens with two attached hydrogens (primary N) is 1. The minimum absolute atomic E-state index is 0.311. The highest BCUT2D eigenvalue weighted by atomic mass is 16.5. The fourth-order valence-corrected chi connectivity index (χ4v) is 1.03. The Morgan fingerprint density at radius 1 is 1.40 bits per heavy atom. The zero-order chi connectivity index (χ0) is 12.0. The van der Waals surface area contributed by atoms with Crippen molar-refractivity contribution in [2.24, 2.45) is 0 Å². The summed E-state index contributed by atoms with van der Waals surface area (Å²) < 4.78 is 4.54. The first-order valence-corrected chi connectivity index (χ1v) is 4.80. The van der Waals surface area contributed by atoms with Crippen LogP contribution in [0.4, 0.5) is 5.69 Å². The van der Waals surface area contributed by atoms with Crippen LogP contribution in [0.1, 0.15) is 29.8 Å². The molecule has 0 heterocycles. The molecule has 0 aromatic heterocycles. The molecule has 0 fully saturated rings. The summed E-state index contributed by atoms with van der Waals surface area (Å²) in [5.41, 5.74) is 7.71. The largest absolute Gasteiger partial charge is 0.465 e. The van der Waals surface area contributed by atoms with Gasteiger partial charge in [-0.15, -0.1) is 0 Å². The summed E-state index contributed by atoms with van der Waals surface area (Å²) >= 11 is 0. The molecule has 0 aliphatic heterocycles. The van der Waals surface area contributed by atoms with E-state index in [-0.39, 0.29) is 0 Å². The predicted octanol–water partition coefficient (Wildman–Crippen LogP) is 1.18. The van der Waals surface area contributed by atoms with Crippen molar-refractivity contribution < 1.29 is 9.53 Å². The standard InChI is InChI=1S/C9H10BNO2.C2H6/c1-5-3-7(10)6(4-8(5)11)9(12)13-2;1-2/h3-4H,11H2,1-2H3;1-2H3. The number of carbonyl (C=O) groups excluding carboxylic acids is 1. The first-order chi connectivity index (χ1) is 7.06. The van der Waals surface area contributed by atoms with Gasteiger partial charge in [0.1, 0.15) is 7.85 Å². The fraction of sp³-hybridized carbons (Fsp3) is 0.364. The smallest absolute Gasteiger partial charge is 0.337 e. The van der Waals surface area contributed by atoms with E-state index in [2.05, 4.69) is 4.74 Å². The van der Waals surface area contributed by atoms with E-state index in [1.54, 1.807) is 6.07 Å². The molecule has 0 bridgehead atoms. The monoisotopic (exact) mass is 205 g/mol. The number of carbonyl (C=O) groups is 1. The number of aryl methyl sites for hydroxylation is 1. The Balaban J connectivity index is 0.000000921. The van der Waals surface area contributed by atoms with Crippen LogP contribution in [-0.2, 0) is 4.74 Å². The average Bonchev–Trinajstić information content (AvgIpc) is 2.25. The van der Waals surface area contributed by atoms with E-state index in [4.69, 9.17) is 13.6 Å². The van der Waals surface area contributed by atoms with Gasteiger partial charge >= 0.3 is 5.97 Å². The van der Waals surface area contributed by atoms with Gasteiger partial charge in [0.05, 0.1) is 12.7 Å². The van der Waals surface area contributed by atoms with Crippen molar-refractivity contribution in [1.29, 1.82) is 0 Å². The number of benzene rings is 1. The van der Waals surface area contributed by atoms with E-state index in [0.717, 1.165) is 5.56 Å². The third kappa shape index (κ3) is 3.31. The van der Waals surface area contributed by atoms with Crippen molar-refractivity contribution in [3.63, 3.8) is 0 Å². The van der Waals surface area contributed by atoms with Crippen LogP contribution in [0.3, 0.4) is 0 Å². The lowest BCUT2D eigenvalue weighted by Crippen LogP contribution is -2.18. The van der Waals surface area contributed by atoms with Crippen LogP contribution in [0.25, 0.3) is 0 Å². The second-order valence-electron chi connectivity index (χ2n) is 2.79. The number of rotatable bonds is 1. The summed E-state index contributed by atoms with van der Waals surface area (Å²) in [6.45, 7) is 5.83. The Hall–Kier alpha value is -1.45. The predicted molar refractivity (Wildman–Crippen MR) is 63.7 cm³/mol. The number of methoxy groups -OCH3 is 1. The van der Waals surface area contributed by atoms with E-state index in [9.17, 15) is 4.79 Å². The molecule has 0 saturated heterocycles. The second-order valence-corrected chi connectivity index (χ2v) is 2.79. The van der Waals surface area contributed by atoms with Gasteiger partial charge < -0.3 is 10.5 Å². The van der Waals surface area contributed by atoms with Crippen LogP contribution in [-0.4, -0.2) is 20.9 Å². The molecule has 15 heavy (non-hydrogen) atoms. The van der Waals surface area contributed by atoms with Crippen LogP contribution in [0, 0.1) is 6.92 Å². The number of esters is 1. The van der Waals surface area contributed by atoms with Crippen LogP contribution >= 0.6 is 0 Å². The van der Waals surface area contributed by atoms with Crippen LogP contribution in [0.15, 0.2) is 12.1 Å². The van der Waals surface area contributed by atoms with Crippen LogP contribution in [0.2, 0.25) is 0 Å². The van der Waals surface area contributed by atoms with Crippen molar-refractivity contribution in [3.8, 4) is 0 Å². The van der Waals surface area contributed by atoms with Gasteiger partial charge in [0.2, 0.25) is 0 Å². The number of anilines is 1. The van der Waals surface area contributed by atoms with Gasteiger partial charge in [-0.3, -0.25) is 0 Å². The van der Waals surface area contributed by atoms with E-state index in [1.807, 2.05) is 20.8 Å². The molecule has 80 valence electrons. The quantitative estimate of drug-likeness (QED) is 0.425. The summed E-state index contributed by atoms with van der Waals surface area (Å²) in [4.78, 5) is 11.1. The zero-order valence-corrected chi connectivity index (χ0v) is 9.63. The molecule has 0 amide bonds. The molecular formula is C11H16BNO2. The SMILES string of the molecule is CC.[B]c1cc(C)c(N)cc1C(=O)OC. The maximum Gasteiger partial charge on any atom is 0.337 e. The van der Waals surface area contributed by atoms with Crippen LogP contribution in [0.5, 0.6) is 0 Å². The van der Waals surface area contributed by atoms with Gasteiger partial charge in [-0.25, -0.2) is 4.79 Å². The Labute approximate surface area is 92.0 Å². The third-order valence-corrected chi connectivity index (χ3v) is 1.84. The molecule has 2 radical (unpaired) electrons. The molecule has 4 heteroatoms. The molecule has 0 aliphatic carbocycles. The molecule has 0 saturated carbocycles. The summed E-state index contributed by atoms with van der Waals surface area (Å²) in [6.07, 6.45) is 0. The first kappa shape index (κ1) is 13.6. The van der Waals surface area contributed by atoms with Crippen molar-refractivity contribution >= 4 is 25.0 Å². The number of hydrogen-bond acceptors (Lipinski definition) is 3. The number of hydrogen-bond donors (Lipinski definition) is 1. The lowest BCUT2D eigenvalue weighted by atomic mass is 9.88. The Morgan fingerprint density at radius 2 is 1.93 bits per heavy atom. The molecule has 0 unspecified atom stereocenters. The lowest BCUT2D eigenvalue weighted by Gasteiger charge is -2.07. The van der Waals surface area contributed by atoms with Gasteiger partial charge in [0, 0.05) is 5.69 Å². The van der Waals surface area contributed by atoms with Crippen molar-refractivity contribution in [1.82, 2.24) is 0 Å². The zero-order valence-electron chi connectivity index (χ0n) is 9.63. The van der Waals surface area contributed by atoms with Gasteiger partial charge in [-0.05, 0) is 18.6 Å². The van der Waals surface area contributed by atoms with Crippen molar-refractivity contribution in [3.05, 3.63) is 23.3 Å². The summed E-state index contributed by atoms with van der Waals surface area (Å²) in [7, 11) is 6.91. The molecule has 1 aromatic rings. The van der Waals surface area contributed by atoms with E-state index in [1.165, 1.54) is 13.2 Å². The molecule has 0 atom stereocenters. The molecule has 3 nitrogen and oxygen atoms in total. The summed E-state index contributed by atoms with van der Waals surface area (Å²) in [6, 6.07) is 3.18. The van der Waals surface area contributed by atoms with Crippen molar-refractivity contribution in [2.75, 3.05) is 12.8 Å². The Kier molecular flexibility index (Phi) is 5.53. The van der Waals surface area contributed by atoms with E-state index in [0.29, 0.717) is 16.7 Å². The second kappa shape index (κ2) is 6.12. The fourth-order valence-electron chi connectivity index (χ4n) is 1.03. The Bertz CT molecular complexity index is 351. The first-order valence-electron chi connectivity index (χ1n) is 4.80. The van der Waals surface area contributed by atoms with Gasteiger partial charge in [0.15, 0.2) is 0 Å². The third-order valence-electron chi connectivity index (χ3n) is 1.84. The minimum Gasteiger partial charge on any atom is -0.465 e. The number of nitrogen functional groups attached to an aromatic ring is 1. The average molecular weight is 205 g/mol. The van der Waals surface area contributed by atoms with Crippen molar-refractivity contribution in [2.45, 2.75) is 20.8 Å². The summed E-state index contributed by atoms with van der Waals surface area (Å²) in [5.74, 6) is -0.468. The normalized spacial score (nSPS) is 8.80. The minimum atomic E-state index is -0.468. The number of ether oxygens (including phenoxy) is 1. The highest BCUT2D eigenvalue weighted by Crippen LogP contribution is 2.11. The van der Waals surface area contributed by atoms with Gasteiger partial charge in [0.25, 0.3) is 0 Å². The van der Waals surface area contributed by atoms with Gasteiger partial charge in [-0.2, -0.15) is 0 Å². The maximum atomic E-state index is 11.1.